The fourth-order valence-electron chi connectivity index (χ4n) is 2.26. The number of rotatable bonds is 3. The highest BCUT2D eigenvalue weighted by Gasteiger charge is 2.25. The minimum absolute atomic E-state index is 0.431. The summed E-state index contributed by atoms with van der Waals surface area (Å²) in [4.78, 5) is 23.6. The number of ether oxygens (including phenoxy) is 1. The number of nitrogens with one attached hydrogen (secondary N) is 1. The van der Waals surface area contributed by atoms with E-state index in [2.05, 4.69) is 5.32 Å². The molecule has 0 aliphatic heterocycles. The summed E-state index contributed by atoms with van der Waals surface area (Å²) in [6.45, 7) is 0. The summed E-state index contributed by atoms with van der Waals surface area (Å²) in [6.07, 6.45) is 1.34. The number of hydrogen-bond acceptors (Lipinski definition) is 4. The molecule has 0 spiro atoms. The number of benzene rings is 2. The zero-order valence-electron chi connectivity index (χ0n) is 11.4. The molecule has 2 aromatic carbocycles. The fourth-order valence-corrected chi connectivity index (χ4v) is 2.26. The minimum atomic E-state index is -0.510. The van der Waals surface area contributed by atoms with Crippen LogP contribution in [0.15, 0.2) is 54.6 Å². The maximum atomic E-state index is 11.9. The van der Waals surface area contributed by atoms with Gasteiger partial charge in [-0.1, -0.05) is 24.3 Å². The number of hydrogen-bond donors (Lipinski definition) is 1. The van der Waals surface area contributed by atoms with Gasteiger partial charge in [-0.05, 0) is 24.3 Å². The van der Waals surface area contributed by atoms with Crippen LogP contribution in [0.25, 0.3) is 5.70 Å². The van der Waals surface area contributed by atoms with Gasteiger partial charge in [0.05, 0.1) is 12.8 Å². The molecule has 0 aromatic heterocycles. The Balaban J connectivity index is 1.96. The number of fused-ring (bicyclic) bond motifs is 1. The Morgan fingerprint density at radius 3 is 2.24 bits per heavy atom. The van der Waals surface area contributed by atoms with E-state index < -0.39 is 11.6 Å². The van der Waals surface area contributed by atoms with Crippen molar-refractivity contribution in [2.75, 3.05) is 12.4 Å². The lowest BCUT2D eigenvalue weighted by molar-refractivity contribution is -0.111. The van der Waals surface area contributed by atoms with Gasteiger partial charge >= 0.3 is 0 Å². The second kappa shape index (κ2) is 5.25. The number of ketones is 2. The molecule has 4 heteroatoms. The second-order valence-corrected chi connectivity index (χ2v) is 4.65. The van der Waals surface area contributed by atoms with Crippen molar-refractivity contribution in [1.82, 2.24) is 0 Å². The quantitative estimate of drug-likeness (QED) is 0.878. The van der Waals surface area contributed by atoms with E-state index in [1.54, 1.807) is 19.2 Å². The van der Waals surface area contributed by atoms with Crippen LogP contribution in [0.3, 0.4) is 0 Å². The first-order chi connectivity index (χ1) is 10.2. The third-order valence-electron chi connectivity index (χ3n) is 3.33. The molecule has 1 N–H and O–H groups in total. The number of methoxy groups -OCH3 is 1. The second-order valence-electron chi connectivity index (χ2n) is 4.65. The van der Waals surface area contributed by atoms with E-state index in [4.69, 9.17) is 4.74 Å². The van der Waals surface area contributed by atoms with Crippen LogP contribution in [0.2, 0.25) is 0 Å². The van der Waals surface area contributed by atoms with E-state index in [1.807, 2.05) is 36.4 Å². The van der Waals surface area contributed by atoms with Crippen LogP contribution in [0.1, 0.15) is 15.9 Å². The summed E-state index contributed by atoms with van der Waals surface area (Å²) in [5.74, 6) is -0.222. The van der Waals surface area contributed by atoms with Crippen molar-refractivity contribution in [1.29, 1.82) is 0 Å². The van der Waals surface area contributed by atoms with Gasteiger partial charge in [0.15, 0.2) is 0 Å². The predicted octanol–water partition coefficient (Wildman–Crippen LogP) is 2.91. The van der Waals surface area contributed by atoms with Crippen molar-refractivity contribution in [3.05, 3.63) is 65.7 Å². The standard InChI is InChI=1S/C17H13NO3/c1-21-12-8-6-11(7-9-12)18-15-10-16(19)17(20)14-5-3-2-4-13(14)15/h2-10,18H,1H3. The fraction of sp³-hybridized carbons (Fsp3) is 0.0588. The van der Waals surface area contributed by atoms with E-state index in [1.165, 1.54) is 6.08 Å². The molecule has 0 heterocycles. The third-order valence-corrected chi connectivity index (χ3v) is 3.33. The molecular weight excluding hydrogens is 266 g/mol. The Labute approximate surface area is 122 Å². The first-order valence-corrected chi connectivity index (χ1v) is 6.50. The number of carbonyl (C=O) groups excluding carboxylic acids is 2. The lowest BCUT2D eigenvalue weighted by Crippen LogP contribution is -2.20. The highest BCUT2D eigenvalue weighted by Crippen LogP contribution is 2.27. The van der Waals surface area contributed by atoms with E-state index >= 15 is 0 Å². The van der Waals surface area contributed by atoms with E-state index in [-0.39, 0.29) is 0 Å². The normalized spacial score (nSPS) is 13.5. The molecule has 1 aliphatic carbocycles. The lowest BCUT2D eigenvalue weighted by atomic mass is 9.92. The summed E-state index contributed by atoms with van der Waals surface area (Å²) < 4.78 is 5.11. The van der Waals surface area contributed by atoms with Crippen LogP contribution >= 0.6 is 0 Å². The molecule has 0 radical (unpaired) electrons. The van der Waals surface area contributed by atoms with Gasteiger partial charge in [-0.25, -0.2) is 0 Å². The van der Waals surface area contributed by atoms with Gasteiger partial charge in [0.1, 0.15) is 5.75 Å². The van der Waals surface area contributed by atoms with Crippen molar-refractivity contribution >= 4 is 23.0 Å². The zero-order chi connectivity index (χ0) is 14.8. The summed E-state index contributed by atoms with van der Waals surface area (Å²) in [6, 6.07) is 14.4. The van der Waals surface area contributed by atoms with Crippen LogP contribution in [0, 0.1) is 0 Å². The van der Waals surface area contributed by atoms with Crippen molar-refractivity contribution in [2.24, 2.45) is 0 Å². The molecule has 2 aromatic rings. The predicted molar refractivity (Wildman–Crippen MR) is 80.4 cm³/mol. The molecule has 4 nitrogen and oxygen atoms in total. The molecule has 104 valence electrons. The molecule has 0 bridgehead atoms. The van der Waals surface area contributed by atoms with Gasteiger partial charge < -0.3 is 10.1 Å². The molecule has 0 saturated carbocycles. The lowest BCUT2D eigenvalue weighted by Gasteiger charge is -2.17. The monoisotopic (exact) mass is 279 g/mol. The maximum absolute atomic E-state index is 11.9. The Hall–Kier alpha value is -2.88. The zero-order valence-corrected chi connectivity index (χ0v) is 11.4. The summed E-state index contributed by atoms with van der Waals surface area (Å²) in [7, 11) is 1.60. The molecule has 1 aliphatic rings. The van der Waals surface area contributed by atoms with Crippen molar-refractivity contribution in [2.45, 2.75) is 0 Å². The summed E-state index contributed by atoms with van der Waals surface area (Å²) >= 11 is 0. The Morgan fingerprint density at radius 1 is 0.905 bits per heavy atom. The van der Waals surface area contributed by atoms with E-state index in [9.17, 15) is 9.59 Å². The van der Waals surface area contributed by atoms with Gasteiger partial charge in [0, 0.05) is 22.9 Å². The van der Waals surface area contributed by atoms with Crippen molar-refractivity contribution < 1.29 is 14.3 Å². The number of anilines is 1. The van der Waals surface area contributed by atoms with E-state index in [0.717, 1.165) is 17.0 Å². The number of carbonyl (C=O) groups is 2. The Morgan fingerprint density at radius 2 is 1.57 bits per heavy atom. The van der Waals surface area contributed by atoms with E-state index in [0.29, 0.717) is 11.3 Å². The first-order valence-electron chi connectivity index (χ1n) is 6.50. The molecule has 21 heavy (non-hydrogen) atoms. The summed E-state index contributed by atoms with van der Waals surface area (Å²) in [5, 5.41) is 3.17. The SMILES string of the molecule is COc1ccc(NC2=CC(=O)C(=O)c3ccccc32)cc1. The number of Topliss-reactive ketones (excluding diaryl/α,β-unsaturated/α-hetero) is 1. The van der Waals surface area contributed by atoms with Gasteiger partial charge in [-0.3, -0.25) is 9.59 Å². The molecule has 0 unspecified atom stereocenters. The van der Waals surface area contributed by atoms with Crippen molar-refractivity contribution in [3.8, 4) is 5.75 Å². The molecule has 0 amide bonds. The van der Waals surface area contributed by atoms with Crippen LogP contribution in [0.4, 0.5) is 5.69 Å². The molecule has 0 atom stereocenters. The minimum Gasteiger partial charge on any atom is -0.497 e. The maximum Gasteiger partial charge on any atom is 0.233 e. The smallest absolute Gasteiger partial charge is 0.233 e. The summed E-state index contributed by atoms with van der Waals surface area (Å²) in [5.41, 5.74) is 2.61. The average molecular weight is 279 g/mol. The largest absolute Gasteiger partial charge is 0.497 e. The van der Waals surface area contributed by atoms with Crippen LogP contribution < -0.4 is 10.1 Å². The van der Waals surface area contributed by atoms with Crippen LogP contribution in [0.5, 0.6) is 5.75 Å². The third kappa shape index (κ3) is 2.43. The van der Waals surface area contributed by atoms with Crippen molar-refractivity contribution in [3.63, 3.8) is 0 Å². The Bertz CT molecular complexity index is 745. The first kappa shape index (κ1) is 13.1. The molecular formula is C17H13NO3. The highest BCUT2D eigenvalue weighted by molar-refractivity contribution is 6.50. The molecule has 3 rings (SSSR count). The van der Waals surface area contributed by atoms with Gasteiger partial charge in [0.25, 0.3) is 0 Å². The van der Waals surface area contributed by atoms with Crippen LogP contribution in [-0.2, 0) is 4.79 Å². The molecule has 0 saturated heterocycles. The highest BCUT2D eigenvalue weighted by atomic mass is 16.5. The van der Waals surface area contributed by atoms with Gasteiger partial charge in [-0.2, -0.15) is 0 Å². The number of allylic oxidation sites excluding steroid dienone is 1. The molecule has 0 fully saturated rings. The topological polar surface area (TPSA) is 55.4 Å². The Kier molecular flexibility index (Phi) is 3.28. The van der Waals surface area contributed by atoms with Gasteiger partial charge in [0.2, 0.25) is 11.6 Å². The van der Waals surface area contributed by atoms with Gasteiger partial charge in [-0.15, -0.1) is 0 Å². The van der Waals surface area contributed by atoms with Crippen LogP contribution in [-0.4, -0.2) is 18.7 Å². The average Bonchev–Trinajstić information content (AvgIpc) is 2.53.